The van der Waals surface area contributed by atoms with Crippen molar-refractivity contribution < 1.29 is 4.74 Å². The van der Waals surface area contributed by atoms with Crippen LogP contribution in [0.1, 0.15) is 0 Å². The van der Waals surface area contributed by atoms with Crippen LogP contribution < -0.4 is 4.74 Å². The van der Waals surface area contributed by atoms with Gasteiger partial charge in [-0.05, 0) is 28.1 Å². The molecule has 5 nitrogen and oxygen atoms in total. The lowest BCUT2D eigenvalue weighted by molar-refractivity contribution is 0.0927. The third-order valence-electron chi connectivity index (χ3n) is 3.83. The number of para-hydroxylation sites is 1. The van der Waals surface area contributed by atoms with Gasteiger partial charge in [-0.2, -0.15) is 5.10 Å². The highest BCUT2D eigenvalue weighted by atomic mass is 79.9. The second-order valence-corrected chi connectivity index (χ2v) is 6.38. The second-order valence-electron chi connectivity index (χ2n) is 5.46. The molecule has 1 aliphatic heterocycles. The molecule has 0 bridgehead atoms. The van der Waals surface area contributed by atoms with E-state index in [4.69, 9.17) is 4.74 Å². The third kappa shape index (κ3) is 4.56. The molecule has 0 N–H and O–H groups in total. The zero-order chi connectivity index (χ0) is 15.2. The maximum Gasteiger partial charge on any atom is 0.119 e. The smallest absolute Gasteiger partial charge is 0.119 e. The Labute approximate surface area is 139 Å². The Morgan fingerprint density at radius 3 is 2.45 bits per heavy atom. The lowest BCUT2D eigenvalue weighted by Gasteiger charge is -2.34. The van der Waals surface area contributed by atoms with Crippen LogP contribution in [0.15, 0.2) is 47.2 Å². The number of rotatable bonds is 6. The van der Waals surface area contributed by atoms with E-state index in [1.54, 1.807) is 0 Å². The van der Waals surface area contributed by atoms with Crippen LogP contribution in [0, 0.1) is 0 Å². The summed E-state index contributed by atoms with van der Waals surface area (Å²) in [5.74, 6) is 0.949. The Morgan fingerprint density at radius 1 is 1.05 bits per heavy atom. The molecule has 0 atom stereocenters. The summed E-state index contributed by atoms with van der Waals surface area (Å²) in [6.45, 7) is 6.90. The molecule has 3 rings (SSSR count). The molecule has 1 aromatic carbocycles. The standard InChI is InChI=1S/C16H21BrN4O/c17-15-12-18-21(13-15)14-20-8-6-19(7-9-20)10-11-22-16-4-2-1-3-5-16/h1-5,12-13H,6-11,14H2. The molecule has 1 aliphatic rings. The predicted octanol–water partition coefficient (Wildman–Crippen LogP) is 2.30. The van der Waals surface area contributed by atoms with Gasteiger partial charge in [0.05, 0.1) is 17.3 Å². The monoisotopic (exact) mass is 364 g/mol. The van der Waals surface area contributed by atoms with E-state index < -0.39 is 0 Å². The van der Waals surface area contributed by atoms with Crippen molar-refractivity contribution in [2.45, 2.75) is 6.67 Å². The summed E-state index contributed by atoms with van der Waals surface area (Å²) >= 11 is 3.43. The molecule has 22 heavy (non-hydrogen) atoms. The van der Waals surface area contributed by atoms with E-state index in [0.29, 0.717) is 0 Å². The van der Waals surface area contributed by atoms with Gasteiger partial charge in [0.25, 0.3) is 0 Å². The Balaban J connectivity index is 1.35. The summed E-state index contributed by atoms with van der Waals surface area (Å²) in [5.41, 5.74) is 0. The second kappa shape index (κ2) is 7.76. The molecule has 2 heterocycles. The van der Waals surface area contributed by atoms with Crippen LogP contribution in [-0.2, 0) is 6.67 Å². The number of hydrogen-bond donors (Lipinski definition) is 0. The molecule has 0 saturated carbocycles. The Morgan fingerprint density at radius 2 is 1.77 bits per heavy atom. The highest BCUT2D eigenvalue weighted by molar-refractivity contribution is 9.10. The Hall–Kier alpha value is -1.37. The van der Waals surface area contributed by atoms with Gasteiger partial charge in [0.2, 0.25) is 0 Å². The van der Waals surface area contributed by atoms with Crippen molar-refractivity contribution in [2.24, 2.45) is 0 Å². The van der Waals surface area contributed by atoms with Crippen LogP contribution in [-0.4, -0.2) is 58.9 Å². The predicted molar refractivity (Wildman–Crippen MR) is 89.9 cm³/mol. The SMILES string of the molecule is Brc1cnn(CN2CCN(CCOc3ccccc3)CC2)c1. The van der Waals surface area contributed by atoms with Crippen LogP contribution in [0.3, 0.4) is 0 Å². The zero-order valence-electron chi connectivity index (χ0n) is 12.6. The Bertz CT molecular complexity index is 567. The van der Waals surface area contributed by atoms with Crippen molar-refractivity contribution in [3.05, 3.63) is 47.2 Å². The van der Waals surface area contributed by atoms with E-state index in [2.05, 4.69) is 30.8 Å². The van der Waals surface area contributed by atoms with Gasteiger partial charge >= 0.3 is 0 Å². The molecule has 0 spiro atoms. The molecule has 0 radical (unpaired) electrons. The van der Waals surface area contributed by atoms with Gasteiger partial charge in [-0.15, -0.1) is 0 Å². The molecular formula is C16H21BrN4O. The van der Waals surface area contributed by atoms with Gasteiger partial charge in [-0.25, -0.2) is 0 Å². The van der Waals surface area contributed by atoms with Gasteiger partial charge in [0.1, 0.15) is 12.4 Å². The van der Waals surface area contributed by atoms with Crippen molar-refractivity contribution in [1.29, 1.82) is 0 Å². The summed E-state index contributed by atoms with van der Waals surface area (Å²) in [4.78, 5) is 4.88. The fourth-order valence-corrected chi connectivity index (χ4v) is 2.91. The highest BCUT2D eigenvalue weighted by Crippen LogP contribution is 2.10. The zero-order valence-corrected chi connectivity index (χ0v) is 14.2. The molecule has 1 fully saturated rings. The van der Waals surface area contributed by atoms with Crippen LogP contribution in [0.4, 0.5) is 0 Å². The Kier molecular flexibility index (Phi) is 5.48. The van der Waals surface area contributed by atoms with Crippen molar-refractivity contribution in [1.82, 2.24) is 19.6 Å². The maximum absolute atomic E-state index is 5.76. The molecule has 0 amide bonds. The van der Waals surface area contributed by atoms with Crippen LogP contribution >= 0.6 is 15.9 Å². The first-order valence-electron chi connectivity index (χ1n) is 7.60. The van der Waals surface area contributed by atoms with Crippen molar-refractivity contribution in [3.8, 4) is 5.75 Å². The maximum atomic E-state index is 5.76. The quantitative estimate of drug-likeness (QED) is 0.787. The van der Waals surface area contributed by atoms with E-state index in [0.717, 1.165) is 56.2 Å². The number of piperazine rings is 1. The summed E-state index contributed by atoms with van der Waals surface area (Å²) in [6, 6.07) is 10.0. The highest BCUT2D eigenvalue weighted by Gasteiger charge is 2.16. The summed E-state index contributed by atoms with van der Waals surface area (Å²) < 4.78 is 8.76. The topological polar surface area (TPSA) is 33.5 Å². The number of aromatic nitrogens is 2. The normalized spacial score (nSPS) is 16.8. The van der Waals surface area contributed by atoms with Gasteiger partial charge in [-0.3, -0.25) is 14.5 Å². The van der Waals surface area contributed by atoms with Gasteiger partial charge < -0.3 is 4.74 Å². The summed E-state index contributed by atoms with van der Waals surface area (Å²) in [5, 5.41) is 4.31. The molecule has 1 aromatic heterocycles. The number of hydrogen-bond acceptors (Lipinski definition) is 4. The number of benzene rings is 1. The van der Waals surface area contributed by atoms with E-state index in [1.165, 1.54) is 0 Å². The largest absolute Gasteiger partial charge is 0.492 e. The first kappa shape index (κ1) is 15.5. The number of ether oxygens (including phenoxy) is 1. The van der Waals surface area contributed by atoms with Crippen LogP contribution in [0.25, 0.3) is 0 Å². The van der Waals surface area contributed by atoms with E-state index in [-0.39, 0.29) is 0 Å². The number of halogens is 1. The first-order valence-corrected chi connectivity index (χ1v) is 8.39. The summed E-state index contributed by atoms with van der Waals surface area (Å²) in [7, 11) is 0. The van der Waals surface area contributed by atoms with Crippen molar-refractivity contribution in [3.63, 3.8) is 0 Å². The number of nitrogens with zero attached hydrogens (tertiary/aromatic N) is 4. The lowest BCUT2D eigenvalue weighted by Crippen LogP contribution is -2.47. The van der Waals surface area contributed by atoms with Crippen LogP contribution in [0.2, 0.25) is 0 Å². The fraction of sp³-hybridized carbons (Fsp3) is 0.438. The van der Waals surface area contributed by atoms with E-state index >= 15 is 0 Å². The van der Waals surface area contributed by atoms with Gasteiger partial charge in [-0.1, -0.05) is 18.2 Å². The average Bonchev–Trinajstić information content (AvgIpc) is 2.95. The minimum Gasteiger partial charge on any atom is -0.492 e. The van der Waals surface area contributed by atoms with E-state index in [1.807, 2.05) is 47.4 Å². The minimum atomic E-state index is 0.746. The molecule has 1 saturated heterocycles. The molecule has 118 valence electrons. The minimum absolute atomic E-state index is 0.746. The van der Waals surface area contributed by atoms with Crippen molar-refractivity contribution >= 4 is 15.9 Å². The fourth-order valence-electron chi connectivity index (χ4n) is 2.58. The third-order valence-corrected chi connectivity index (χ3v) is 4.24. The van der Waals surface area contributed by atoms with E-state index in [9.17, 15) is 0 Å². The molecule has 6 heteroatoms. The molecule has 2 aromatic rings. The lowest BCUT2D eigenvalue weighted by atomic mass is 10.3. The van der Waals surface area contributed by atoms with Crippen LogP contribution in [0.5, 0.6) is 5.75 Å². The summed E-state index contributed by atoms with van der Waals surface area (Å²) in [6.07, 6.45) is 3.84. The first-order chi connectivity index (χ1) is 10.8. The molecule has 0 unspecified atom stereocenters. The van der Waals surface area contributed by atoms with Gasteiger partial charge in [0.15, 0.2) is 0 Å². The average molecular weight is 365 g/mol. The molecular weight excluding hydrogens is 344 g/mol. The van der Waals surface area contributed by atoms with Gasteiger partial charge in [0, 0.05) is 38.9 Å². The van der Waals surface area contributed by atoms with Crippen molar-refractivity contribution in [2.75, 3.05) is 39.3 Å². The molecule has 0 aliphatic carbocycles.